The van der Waals surface area contributed by atoms with Crippen molar-refractivity contribution in [3.63, 3.8) is 0 Å². The summed E-state index contributed by atoms with van der Waals surface area (Å²) in [4.78, 5) is 121. The molecular formula is C97H81N17O7. The second-order valence-corrected chi connectivity index (χ2v) is 29.4. The van der Waals surface area contributed by atoms with Gasteiger partial charge >= 0.3 is 0 Å². The van der Waals surface area contributed by atoms with Crippen LogP contribution in [0.25, 0.3) is 117 Å². The number of aromatic nitrogens is 14. The highest BCUT2D eigenvalue weighted by molar-refractivity contribution is 5.98. The van der Waals surface area contributed by atoms with Crippen molar-refractivity contribution in [3.05, 3.63) is 376 Å². The average molecular weight is 1600 g/mol. The van der Waals surface area contributed by atoms with Gasteiger partial charge in [0.1, 0.15) is 57.7 Å². The highest BCUT2D eigenvalue weighted by Crippen LogP contribution is 2.31. The fourth-order valence-corrected chi connectivity index (χ4v) is 14.8. The van der Waals surface area contributed by atoms with E-state index in [1.54, 1.807) is 42.7 Å². The van der Waals surface area contributed by atoms with Gasteiger partial charge in [0.05, 0.1) is 88.5 Å². The predicted molar refractivity (Wildman–Crippen MR) is 481 cm³/mol. The highest BCUT2D eigenvalue weighted by Gasteiger charge is 2.19. The zero-order chi connectivity index (χ0) is 82.7. The van der Waals surface area contributed by atoms with E-state index < -0.39 is 0 Å². The first-order chi connectivity index (χ1) is 59.2. The van der Waals surface area contributed by atoms with Crippen molar-refractivity contribution in [2.24, 2.45) is 29.1 Å². The van der Waals surface area contributed by atoms with Gasteiger partial charge in [-0.1, -0.05) is 139 Å². The summed E-state index contributed by atoms with van der Waals surface area (Å²) in [5, 5.41) is 4.17. The van der Waals surface area contributed by atoms with E-state index >= 15 is 0 Å². The minimum atomic E-state index is -0.139. The molecule has 0 fully saturated rings. The number of nitrogens with one attached hydrogen (secondary N) is 5. The summed E-state index contributed by atoms with van der Waals surface area (Å²) in [5.41, 5.74) is 16.6. The van der Waals surface area contributed by atoms with E-state index in [4.69, 9.17) is 18.8 Å². The molecule has 12 heterocycles. The molecule has 18 aromatic rings. The molecule has 0 spiro atoms. The molecule has 24 heteroatoms. The van der Waals surface area contributed by atoms with Crippen LogP contribution in [0.1, 0.15) is 102 Å². The Labute approximate surface area is 690 Å². The molecule has 0 atom stereocenters. The van der Waals surface area contributed by atoms with Gasteiger partial charge in [-0.15, -0.1) is 0 Å². The molecule has 0 saturated heterocycles. The number of aromatic amines is 5. The maximum atomic E-state index is 12.2. The first-order valence-electron chi connectivity index (χ1n) is 40.0. The third-order valence-corrected chi connectivity index (χ3v) is 21.1. The fraction of sp³-hybridized carbons (Fsp3) is 0.144. The van der Waals surface area contributed by atoms with Crippen LogP contribution in [-0.2, 0) is 46.2 Å². The molecule has 3 aliphatic rings. The lowest BCUT2D eigenvalue weighted by Crippen LogP contribution is -2.13. The van der Waals surface area contributed by atoms with Crippen LogP contribution in [0, 0.1) is 6.92 Å². The number of hydrogen-bond donors (Lipinski definition) is 5. The Morgan fingerprint density at radius 2 is 0.752 bits per heavy atom. The molecule has 0 bridgehead atoms. The monoisotopic (exact) mass is 1600 g/mol. The van der Waals surface area contributed by atoms with E-state index in [2.05, 4.69) is 125 Å². The topological polar surface area (TPSA) is 328 Å². The summed E-state index contributed by atoms with van der Waals surface area (Å²) >= 11 is 0. The summed E-state index contributed by atoms with van der Waals surface area (Å²) in [6.45, 7) is 2.08. The fourth-order valence-electron chi connectivity index (χ4n) is 14.8. The molecule has 24 nitrogen and oxygen atoms in total. The molecule has 21 rings (SSSR count). The van der Waals surface area contributed by atoms with Gasteiger partial charge in [0.2, 0.25) is 0 Å². The quantitative estimate of drug-likeness (QED) is 0.0566. The highest BCUT2D eigenvalue weighted by atomic mass is 16.3. The van der Waals surface area contributed by atoms with Crippen LogP contribution in [0.15, 0.2) is 309 Å². The number of H-pyrrole nitrogens is 5. The number of para-hydroxylation sites is 10. The lowest BCUT2D eigenvalue weighted by Gasteiger charge is -2.04. The molecule has 5 N–H and O–H groups in total. The van der Waals surface area contributed by atoms with Crippen LogP contribution in [0.2, 0.25) is 0 Å². The Bertz CT molecular complexity index is 7480. The standard InChI is InChI=1S/C22H17N3O2.C21H19N3O.C18H16N4O.C18H14N4O.C18H15N3O2/c26-22-16-6-2-3-7-17(16)24-21(25-22)12-10-15-9-11-18(23-15)20-13-14-5-1-4-8-19(14)27-20;1-14-6-8-15(9-7-14)18-12-10-16(22-18)11-13-20-23-19-5-3-2-4-17(19)21(25)24-20;2*1-22-15-9-5-4-8-14(15)20-17(22)11-10-16-19-13-7-3-2-6-12(13)18(23)21-16;22-18-13-4-1-2-5-14(13)20-17(21-18)10-8-12-7-9-15(19-12)16-6-3-11-23-16/h1-8,11,13H,9-10,12H2,(H,24,25,26);2-9,12H,10-11,13H2,1H3,(H,23,24,25);2-9H,10-11H2,1H3,(H,19,21,23);2-11H,1H3,(H,19,21,23);1-6,9,11H,7-8,10H2,(H,20,21,22)/b;;;11-10+;. The molecular weight excluding hydrogens is 1520 g/mol. The number of allylic oxidation sites excluding steroid dienone is 3. The molecule has 121 heavy (non-hydrogen) atoms. The summed E-state index contributed by atoms with van der Waals surface area (Å²) < 4.78 is 15.3. The first kappa shape index (κ1) is 78.0. The van der Waals surface area contributed by atoms with Gasteiger partial charge in [0.25, 0.3) is 27.8 Å². The van der Waals surface area contributed by atoms with Crippen molar-refractivity contribution in [1.29, 1.82) is 0 Å². The summed E-state index contributed by atoms with van der Waals surface area (Å²) in [7, 11) is 3.98. The van der Waals surface area contributed by atoms with Crippen molar-refractivity contribution in [1.82, 2.24) is 68.9 Å². The molecule has 596 valence electrons. The maximum absolute atomic E-state index is 12.2. The van der Waals surface area contributed by atoms with E-state index in [-0.39, 0.29) is 27.8 Å². The third kappa shape index (κ3) is 18.2. The molecule has 0 aliphatic carbocycles. The SMILES string of the molecule is Cc1ccc(C2=CCC(CCc3nc4ccccc4c(=O)[nH]3)=N2)cc1.Cn1c(/C=C/c2nc3ccccc3c(=O)[nH]2)nc2ccccc21.Cn1c(CCc2nc3ccccc3c(=O)[nH]2)nc2ccccc21.O=c1[nH]c(CCC2=NC(c3cc4ccccc4o3)=CC2)nc2ccccc12.O=c1[nH]c(CCC2=NC(c3ccco3)=CC2)nc2ccccc12. The lowest BCUT2D eigenvalue weighted by molar-refractivity contribution is 0.552. The van der Waals surface area contributed by atoms with Gasteiger partial charge in [-0.25, -0.2) is 34.9 Å². The smallest absolute Gasteiger partial charge is 0.259 e. The van der Waals surface area contributed by atoms with Crippen LogP contribution in [-0.4, -0.2) is 86.1 Å². The van der Waals surface area contributed by atoms with E-state index in [1.165, 1.54) is 5.56 Å². The normalized spacial score (nSPS) is 13.0. The minimum Gasteiger partial charge on any atom is -0.463 e. The van der Waals surface area contributed by atoms with Crippen LogP contribution in [0.3, 0.4) is 0 Å². The number of fused-ring (bicyclic) bond motifs is 8. The maximum Gasteiger partial charge on any atom is 0.259 e. The molecule has 0 unspecified atom stereocenters. The lowest BCUT2D eigenvalue weighted by atomic mass is 10.1. The Balaban J connectivity index is 0.000000108. The second-order valence-electron chi connectivity index (χ2n) is 29.4. The number of aryl methyl sites for hydroxylation is 8. The molecule has 0 saturated carbocycles. The van der Waals surface area contributed by atoms with Gasteiger partial charge in [-0.3, -0.25) is 38.9 Å². The van der Waals surface area contributed by atoms with Crippen LogP contribution < -0.4 is 27.8 Å². The molecule has 0 amide bonds. The molecule has 0 radical (unpaired) electrons. The van der Waals surface area contributed by atoms with Gasteiger partial charge in [0.15, 0.2) is 11.5 Å². The number of nitrogens with zero attached hydrogens (tertiary/aromatic N) is 12. The summed E-state index contributed by atoms with van der Waals surface area (Å²) in [6, 6.07) is 75.0. The van der Waals surface area contributed by atoms with Crippen LogP contribution >= 0.6 is 0 Å². The van der Waals surface area contributed by atoms with Crippen LogP contribution in [0.4, 0.5) is 0 Å². The van der Waals surface area contributed by atoms with Gasteiger partial charge in [-0.2, -0.15) is 0 Å². The Kier molecular flexibility index (Phi) is 22.9. The van der Waals surface area contributed by atoms with Crippen molar-refractivity contribution < 1.29 is 8.83 Å². The largest absolute Gasteiger partial charge is 0.463 e. The van der Waals surface area contributed by atoms with Gasteiger partial charge < -0.3 is 42.9 Å². The zero-order valence-electron chi connectivity index (χ0n) is 66.5. The van der Waals surface area contributed by atoms with Crippen molar-refractivity contribution in [2.45, 2.75) is 77.6 Å². The Morgan fingerprint density at radius 3 is 1.21 bits per heavy atom. The number of rotatable bonds is 17. The first-order valence-corrected chi connectivity index (χ1v) is 40.0. The van der Waals surface area contributed by atoms with Crippen molar-refractivity contribution in [2.75, 3.05) is 0 Å². The van der Waals surface area contributed by atoms with Crippen molar-refractivity contribution in [3.8, 4) is 0 Å². The number of aliphatic imine (C=N–C) groups is 3. The van der Waals surface area contributed by atoms with E-state index in [0.29, 0.717) is 81.4 Å². The Morgan fingerprint density at radius 1 is 0.355 bits per heavy atom. The number of furan rings is 2. The van der Waals surface area contributed by atoms with Crippen LogP contribution in [0.5, 0.6) is 0 Å². The number of benzene rings is 9. The predicted octanol–water partition coefficient (Wildman–Crippen LogP) is 17.4. The summed E-state index contributed by atoms with van der Waals surface area (Å²) in [6.07, 6.45) is 19.8. The Hall–Kier alpha value is -15.6. The zero-order valence-corrected chi connectivity index (χ0v) is 66.5. The van der Waals surface area contributed by atoms with Crippen molar-refractivity contribution >= 4 is 134 Å². The second kappa shape index (κ2) is 35.5. The van der Waals surface area contributed by atoms with Gasteiger partial charge in [0, 0.05) is 88.0 Å². The molecule has 9 aromatic heterocycles. The molecule has 9 aromatic carbocycles. The van der Waals surface area contributed by atoms with E-state index in [1.807, 2.05) is 201 Å². The molecule has 3 aliphatic heterocycles. The minimum absolute atomic E-state index is 0.0765. The average Bonchev–Trinajstić information content (AvgIpc) is 1.68. The van der Waals surface area contributed by atoms with Gasteiger partial charge in [-0.05, 0) is 165 Å². The number of imidazole rings is 2. The van der Waals surface area contributed by atoms with E-state index in [0.717, 1.165) is 169 Å². The van der Waals surface area contributed by atoms with E-state index in [9.17, 15) is 24.0 Å². The summed E-state index contributed by atoms with van der Waals surface area (Å²) in [5.74, 6) is 6.70. The number of hydrogen-bond acceptors (Lipinski definition) is 17. The third-order valence-electron chi connectivity index (χ3n) is 21.1.